The lowest BCUT2D eigenvalue weighted by molar-refractivity contribution is 0.0240. The molecule has 3 rings (SSSR count). The summed E-state index contributed by atoms with van der Waals surface area (Å²) in [4.78, 5) is 19.4. The van der Waals surface area contributed by atoms with Crippen LogP contribution in [0.25, 0.3) is 0 Å². The van der Waals surface area contributed by atoms with Crippen molar-refractivity contribution in [2.75, 3.05) is 31.1 Å². The first-order valence-electron chi connectivity index (χ1n) is 8.47. The average molecular weight is 351 g/mol. The fraction of sp³-hybridized carbons (Fsp3) is 0.556. The van der Waals surface area contributed by atoms with E-state index in [9.17, 15) is 13.6 Å². The van der Waals surface area contributed by atoms with E-state index in [-0.39, 0.29) is 17.8 Å². The number of amides is 1. The summed E-state index contributed by atoms with van der Waals surface area (Å²) in [6, 6.07) is 3.24. The van der Waals surface area contributed by atoms with Crippen LogP contribution in [0.2, 0.25) is 0 Å². The maximum atomic E-state index is 14.4. The Balaban J connectivity index is 1.62. The van der Waals surface area contributed by atoms with Gasteiger partial charge in [0, 0.05) is 38.8 Å². The Morgan fingerprint density at radius 3 is 2.40 bits per heavy atom. The van der Waals surface area contributed by atoms with Gasteiger partial charge in [-0.3, -0.25) is 4.99 Å². The number of benzene rings is 1. The first-order chi connectivity index (χ1) is 11.7. The second-order valence-corrected chi connectivity index (χ2v) is 7.40. The number of piperazine rings is 1. The van der Waals surface area contributed by atoms with E-state index in [1.54, 1.807) is 28.1 Å². The van der Waals surface area contributed by atoms with Crippen LogP contribution in [0.1, 0.15) is 26.3 Å². The van der Waals surface area contributed by atoms with Crippen molar-refractivity contribution >= 4 is 18.0 Å². The minimum atomic E-state index is -0.830. The second kappa shape index (κ2) is 6.61. The van der Waals surface area contributed by atoms with E-state index >= 15 is 0 Å². The fourth-order valence-electron chi connectivity index (χ4n) is 2.83. The van der Waals surface area contributed by atoms with Crippen LogP contribution in [0.5, 0.6) is 0 Å². The maximum absolute atomic E-state index is 14.4. The molecule has 1 aromatic rings. The summed E-state index contributed by atoms with van der Waals surface area (Å²) in [5.41, 5.74) is 0.0304. The number of aliphatic imine (C=N–C) groups is 1. The van der Waals surface area contributed by atoms with E-state index in [0.29, 0.717) is 38.2 Å². The smallest absolute Gasteiger partial charge is 0.410 e. The van der Waals surface area contributed by atoms with Gasteiger partial charge in [0.15, 0.2) is 11.6 Å². The summed E-state index contributed by atoms with van der Waals surface area (Å²) in [6.45, 7) is 7.12. The van der Waals surface area contributed by atoms with Gasteiger partial charge in [0.25, 0.3) is 0 Å². The van der Waals surface area contributed by atoms with Gasteiger partial charge in [-0.05, 0) is 32.4 Å². The molecule has 1 unspecified atom stereocenters. The molecule has 136 valence electrons. The Bertz CT molecular complexity index is 686. The first-order valence-corrected chi connectivity index (χ1v) is 8.47. The lowest BCUT2D eigenvalue weighted by Crippen LogP contribution is -2.50. The molecule has 1 aromatic carbocycles. The van der Waals surface area contributed by atoms with Crippen molar-refractivity contribution in [3.8, 4) is 0 Å². The van der Waals surface area contributed by atoms with Crippen LogP contribution in [0.3, 0.4) is 0 Å². The van der Waals surface area contributed by atoms with Crippen LogP contribution in [-0.2, 0) is 11.2 Å². The Kier molecular flexibility index (Phi) is 4.67. The molecule has 1 saturated heterocycles. The van der Waals surface area contributed by atoms with E-state index in [4.69, 9.17) is 4.74 Å². The minimum absolute atomic E-state index is 0.0112. The summed E-state index contributed by atoms with van der Waals surface area (Å²) >= 11 is 0. The van der Waals surface area contributed by atoms with Crippen LogP contribution in [0.4, 0.5) is 19.3 Å². The molecule has 0 aliphatic carbocycles. The predicted octanol–water partition coefficient (Wildman–Crippen LogP) is 3.02. The van der Waals surface area contributed by atoms with Gasteiger partial charge in [0.1, 0.15) is 5.60 Å². The highest BCUT2D eigenvalue weighted by molar-refractivity contribution is 5.78. The highest BCUT2D eigenvalue weighted by Gasteiger charge is 2.28. The minimum Gasteiger partial charge on any atom is -0.444 e. The van der Waals surface area contributed by atoms with Gasteiger partial charge >= 0.3 is 6.09 Å². The number of halogens is 2. The van der Waals surface area contributed by atoms with E-state index in [1.165, 1.54) is 0 Å². The quantitative estimate of drug-likeness (QED) is 0.841. The number of carbonyl (C=O) groups is 1. The number of carbonyl (C=O) groups excluding carboxylic acids is 1. The predicted molar refractivity (Wildman–Crippen MR) is 92.4 cm³/mol. The van der Waals surface area contributed by atoms with Crippen LogP contribution in [-0.4, -0.2) is 55.0 Å². The summed E-state index contributed by atoms with van der Waals surface area (Å²) < 4.78 is 34.0. The number of nitrogens with zero attached hydrogens (tertiary/aromatic N) is 3. The van der Waals surface area contributed by atoms with Gasteiger partial charge in [-0.15, -0.1) is 0 Å². The molecule has 0 radical (unpaired) electrons. The zero-order chi connectivity index (χ0) is 18.2. The molecule has 0 aromatic heterocycles. The van der Waals surface area contributed by atoms with Crippen molar-refractivity contribution in [2.45, 2.75) is 38.8 Å². The van der Waals surface area contributed by atoms with Gasteiger partial charge in [-0.1, -0.05) is 6.07 Å². The lowest BCUT2D eigenvalue weighted by atomic mass is 10.1. The van der Waals surface area contributed by atoms with Gasteiger partial charge < -0.3 is 14.5 Å². The summed E-state index contributed by atoms with van der Waals surface area (Å²) in [5, 5.41) is 0. The second-order valence-electron chi connectivity index (χ2n) is 7.40. The van der Waals surface area contributed by atoms with E-state index < -0.39 is 17.2 Å². The molecule has 0 spiro atoms. The third-order valence-corrected chi connectivity index (χ3v) is 4.20. The summed E-state index contributed by atoms with van der Waals surface area (Å²) in [5.74, 6) is -1.63. The van der Waals surface area contributed by atoms with Gasteiger partial charge in [0.05, 0.1) is 11.7 Å². The molecular formula is C18H23F2N3O2. The molecule has 1 atom stereocenters. The van der Waals surface area contributed by atoms with Crippen LogP contribution in [0.15, 0.2) is 17.1 Å². The molecule has 0 N–H and O–H groups in total. The van der Waals surface area contributed by atoms with E-state index in [0.717, 1.165) is 0 Å². The molecule has 0 saturated carbocycles. The molecule has 7 heteroatoms. The monoisotopic (exact) mass is 351 g/mol. The Hall–Kier alpha value is -2.18. The molecule has 2 aliphatic rings. The normalized spacial score (nSPS) is 20.0. The van der Waals surface area contributed by atoms with Gasteiger partial charge in [-0.25, -0.2) is 13.6 Å². The first kappa shape index (κ1) is 17.6. The molecular weight excluding hydrogens is 328 g/mol. The topological polar surface area (TPSA) is 45.1 Å². The van der Waals surface area contributed by atoms with Crippen LogP contribution < -0.4 is 4.90 Å². The van der Waals surface area contributed by atoms with Crippen molar-refractivity contribution in [3.63, 3.8) is 0 Å². The van der Waals surface area contributed by atoms with Crippen molar-refractivity contribution in [2.24, 2.45) is 4.99 Å². The highest BCUT2D eigenvalue weighted by Crippen LogP contribution is 2.27. The summed E-state index contributed by atoms with van der Waals surface area (Å²) in [7, 11) is 0. The number of rotatable bonds is 3. The number of ether oxygens (including phenoxy) is 1. The van der Waals surface area contributed by atoms with Crippen molar-refractivity contribution < 1.29 is 18.3 Å². The Morgan fingerprint density at radius 1 is 1.20 bits per heavy atom. The van der Waals surface area contributed by atoms with Crippen molar-refractivity contribution in [1.82, 2.24) is 4.90 Å². The zero-order valence-electron chi connectivity index (χ0n) is 14.8. The average Bonchev–Trinajstić information content (AvgIpc) is 3.35. The SMILES string of the molecule is CC(C)(C)OC(=O)N1CCN(c2ccc(CC3C=N3)c(F)c2F)CC1. The summed E-state index contributed by atoms with van der Waals surface area (Å²) in [6.07, 6.45) is 1.75. The standard InChI is InChI=1S/C18H23F2N3O2/c1-18(2,3)25-17(24)23-8-6-22(7-9-23)14-5-4-12(10-13-11-21-13)15(19)16(14)20/h4-5,11,13H,6-10H2,1-3H3. The Labute approximate surface area is 146 Å². The van der Waals surface area contributed by atoms with E-state index in [1.807, 2.05) is 20.8 Å². The number of hydrogen-bond donors (Lipinski definition) is 0. The van der Waals surface area contributed by atoms with E-state index in [2.05, 4.69) is 4.99 Å². The maximum Gasteiger partial charge on any atom is 0.410 e. The van der Waals surface area contributed by atoms with Gasteiger partial charge in [0.2, 0.25) is 0 Å². The fourth-order valence-corrected chi connectivity index (χ4v) is 2.83. The van der Waals surface area contributed by atoms with Crippen molar-refractivity contribution in [3.05, 3.63) is 29.3 Å². The molecule has 0 bridgehead atoms. The van der Waals surface area contributed by atoms with Crippen LogP contribution >= 0.6 is 0 Å². The molecule has 2 aliphatic heterocycles. The lowest BCUT2D eigenvalue weighted by Gasteiger charge is -2.37. The zero-order valence-corrected chi connectivity index (χ0v) is 14.8. The van der Waals surface area contributed by atoms with Crippen LogP contribution in [0, 0.1) is 11.6 Å². The molecule has 2 heterocycles. The third kappa shape index (κ3) is 4.27. The number of hydrogen-bond acceptors (Lipinski definition) is 4. The molecule has 5 nitrogen and oxygen atoms in total. The highest BCUT2D eigenvalue weighted by atomic mass is 19.2. The number of anilines is 1. The molecule has 1 fully saturated rings. The van der Waals surface area contributed by atoms with Gasteiger partial charge in [-0.2, -0.15) is 0 Å². The Morgan fingerprint density at radius 2 is 1.84 bits per heavy atom. The molecule has 1 amide bonds. The largest absolute Gasteiger partial charge is 0.444 e. The molecule has 25 heavy (non-hydrogen) atoms. The third-order valence-electron chi connectivity index (χ3n) is 4.20. The van der Waals surface area contributed by atoms with Crippen molar-refractivity contribution in [1.29, 1.82) is 0 Å².